The Hall–Kier alpha value is -2.12. The summed E-state index contributed by atoms with van der Waals surface area (Å²) < 4.78 is 0. The fourth-order valence-electron chi connectivity index (χ4n) is 3.68. The molecule has 2 rings (SSSR count). The van der Waals surface area contributed by atoms with Gasteiger partial charge in [0.1, 0.15) is 0 Å². The van der Waals surface area contributed by atoms with Gasteiger partial charge in [0, 0.05) is 18.6 Å². The van der Waals surface area contributed by atoms with Gasteiger partial charge in [0.05, 0.1) is 19.2 Å². The Kier molecular flexibility index (Phi) is 8.26. The van der Waals surface area contributed by atoms with Crippen LogP contribution in [-0.2, 0) is 4.79 Å². The first kappa shape index (κ1) is 22.2. The molecule has 1 aliphatic carbocycles. The summed E-state index contributed by atoms with van der Waals surface area (Å²) in [6.07, 6.45) is 1.50. The van der Waals surface area contributed by atoms with Crippen LogP contribution >= 0.6 is 0 Å². The minimum atomic E-state index is -0.827. The van der Waals surface area contributed by atoms with Gasteiger partial charge in [-0.3, -0.25) is 9.69 Å². The number of aliphatic hydroxyl groups excluding tert-OH is 1. The van der Waals surface area contributed by atoms with Crippen molar-refractivity contribution in [2.45, 2.75) is 57.7 Å². The number of hydrogen-bond donors (Lipinski definition) is 3. The van der Waals surface area contributed by atoms with Crippen molar-refractivity contribution >= 4 is 12.0 Å². The second-order valence-corrected chi connectivity index (χ2v) is 7.72. The van der Waals surface area contributed by atoms with Gasteiger partial charge < -0.3 is 20.4 Å². The lowest BCUT2D eigenvalue weighted by molar-refractivity contribution is -0.139. The van der Waals surface area contributed by atoms with E-state index >= 15 is 0 Å². The van der Waals surface area contributed by atoms with Gasteiger partial charge in [0.2, 0.25) is 0 Å². The summed E-state index contributed by atoms with van der Waals surface area (Å²) in [6, 6.07) is 9.81. The number of likely N-dealkylation sites (N-methyl/N-ethyl adjacent to an activating group) is 1. The highest BCUT2D eigenvalue weighted by Gasteiger charge is 2.36. The number of carboxylic acid groups (broad SMARTS) is 1. The van der Waals surface area contributed by atoms with Crippen molar-refractivity contribution in [2.75, 3.05) is 26.2 Å². The summed E-state index contributed by atoms with van der Waals surface area (Å²) in [5.74, 6) is -0.673. The number of urea groups is 1. The number of aliphatic carboxylic acids is 1. The van der Waals surface area contributed by atoms with E-state index in [2.05, 4.69) is 12.2 Å². The predicted molar refractivity (Wildman–Crippen MR) is 108 cm³/mol. The Morgan fingerprint density at radius 3 is 2.39 bits per heavy atom. The van der Waals surface area contributed by atoms with Crippen LogP contribution < -0.4 is 5.32 Å². The number of nitrogens with one attached hydrogen (secondary N) is 1. The standard InChI is InChI=1S/C21H33N3O4/c1-4-23(13-20(26)27)19-10-18(11-19)22-21(28)24(16(3)14-25)12-15(2)17-8-6-5-7-9-17/h5-9,15-16,18-19,25H,4,10-14H2,1-3H3,(H,22,28)(H,26,27)/t15?,16-,18?,19?/m0/s1. The Balaban J connectivity index is 1.91. The minimum absolute atomic E-state index is 0.0318. The van der Waals surface area contributed by atoms with Gasteiger partial charge in [0.25, 0.3) is 0 Å². The first-order chi connectivity index (χ1) is 13.3. The monoisotopic (exact) mass is 391 g/mol. The van der Waals surface area contributed by atoms with Crippen LogP contribution in [-0.4, -0.2) is 76.4 Å². The minimum Gasteiger partial charge on any atom is -0.480 e. The SMILES string of the molecule is CCN(CC(=O)O)C1CC(NC(=O)N(CC(C)c2ccccc2)[C@@H](C)CO)C1. The zero-order chi connectivity index (χ0) is 20.7. The third-order valence-corrected chi connectivity index (χ3v) is 5.60. The summed E-state index contributed by atoms with van der Waals surface area (Å²) in [5, 5.41) is 21.6. The molecule has 1 saturated carbocycles. The number of carbonyl (C=O) groups is 2. The Labute approximate surface area is 167 Å². The van der Waals surface area contributed by atoms with Crippen LogP contribution in [0.5, 0.6) is 0 Å². The molecule has 0 saturated heterocycles. The average molecular weight is 392 g/mol. The number of rotatable bonds is 10. The molecule has 1 fully saturated rings. The first-order valence-corrected chi connectivity index (χ1v) is 10.0. The molecule has 3 N–H and O–H groups in total. The predicted octanol–water partition coefficient (Wildman–Crippen LogP) is 2.12. The third-order valence-electron chi connectivity index (χ3n) is 5.60. The highest BCUT2D eigenvalue weighted by atomic mass is 16.4. The van der Waals surface area contributed by atoms with Gasteiger partial charge in [-0.05, 0) is 37.8 Å². The van der Waals surface area contributed by atoms with Crippen molar-refractivity contribution in [2.24, 2.45) is 0 Å². The van der Waals surface area contributed by atoms with Crippen molar-refractivity contribution in [3.8, 4) is 0 Å². The fraction of sp³-hybridized carbons (Fsp3) is 0.619. The van der Waals surface area contributed by atoms with E-state index in [1.807, 2.05) is 49.1 Å². The Morgan fingerprint density at radius 2 is 1.86 bits per heavy atom. The molecule has 1 aromatic rings. The van der Waals surface area contributed by atoms with Crippen LogP contribution in [0, 0.1) is 0 Å². The van der Waals surface area contributed by atoms with Gasteiger partial charge >= 0.3 is 12.0 Å². The Morgan fingerprint density at radius 1 is 1.21 bits per heavy atom. The Bertz CT molecular complexity index is 634. The maximum atomic E-state index is 12.8. The molecule has 1 aliphatic rings. The molecule has 0 heterocycles. The van der Waals surface area contributed by atoms with Gasteiger partial charge in [-0.15, -0.1) is 0 Å². The van der Waals surface area contributed by atoms with Crippen LogP contribution in [0.4, 0.5) is 4.79 Å². The van der Waals surface area contributed by atoms with Crippen LogP contribution in [0.1, 0.15) is 45.1 Å². The lowest BCUT2D eigenvalue weighted by Gasteiger charge is -2.43. The molecule has 0 aliphatic heterocycles. The van der Waals surface area contributed by atoms with E-state index in [1.54, 1.807) is 4.90 Å². The highest BCUT2D eigenvalue weighted by molar-refractivity contribution is 5.75. The van der Waals surface area contributed by atoms with Gasteiger partial charge in [-0.25, -0.2) is 4.79 Å². The average Bonchev–Trinajstić information content (AvgIpc) is 2.66. The molecule has 2 atom stereocenters. The molecule has 7 heteroatoms. The molecular weight excluding hydrogens is 358 g/mol. The summed E-state index contributed by atoms with van der Waals surface area (Å²) in [6.45, 7) is 7.00. The van der Waals surface area contributed by atoms with Crippen LogP contribution in [0.2, 0.25) is 0 Å². The zero-order valence-electron chi connectivity index (χ0n) is 17.0. The third kappa shape index (κ3) is 5.94. The topological polar surface area (TPSA) is 93.1 Å². The van der Waals surface area contributed by atoms with Crippen LogP contribution in [0.15, 0.2) is 30.3 Å². The summed E-state index contributed by atoms with van der Waals surface area (Å²) in [4.78, 5) is 27.4. The number of nitrogens with zero attached hydrogens (tertiary/aromatic N) is 2. The van der Waals surface area contributed by atoms with E-state index < -0.39 is 5.97 Å². The molecule has 7 nitrogen and oxygen atoms in total. The summed E-state index contributed by atoms with van der Waals surface area (Å²) in [7, 11) is 0. The molecule has 156 valence electrons. The van der Waals surface area contributed by atoms with Crippen LogP contribution in [0.25, 0.3) is 0 Å². The zero-order valence-corrected chi connectivity index (χ0v) is 17.0. The van der Waals surface area contributed by atoms with E-state index in [9.17, 15) is 14.7 Å². The summed E-state index contributed by atoms with van der Waals surface area (Å²) >= 11 is 0. The lowest BCUT2D eigenvalue weighted by Crippen LogP contribution is -2.58. The number of benzene rings is 1. The second-order valence-electron chi connectivity index (χ2n) is 7.72. The van der Waals surface area contributed by atoms with Crippen molar-refractivity contribution in [1.82, 2.24) is 15.1 Å². The normalized spacial score (nSPS) is 20.9. The number of aliphatic hydroxyl groups is 1. The maximum absolute atomic E-state index is 12.8. The molecule has 0 aromatic heterocycles. The van der Waals surface area contributed by atoms with Gasteiger partial charge in [0.15, 0.2) is 0 Å². The summed E-state index contributed by atoms with van der Waals surface area (Å²) in [5.41, 5.74) is 1.15. The van der Waals surface area contributed by atoms with Crippen molar-refractivity contribution in [3.05, 3.63) is 35.9 Å². The van der Waals surface area contributed by atoms with Crippen molar-refractivity contribution in [1.29, 1.82) is 0 Å². The molecule has 1 unspecified atom stereocenters. The molecule has 0 radical (unpaired) electrons. The van der Waals surface area contributed by atoms with Crippen molar-refractivity contribution in [3.63, 3.8) is 0 Å². The molecule has 28 heavy (non-hydrogen) atoms. The molecule has 1 aromatic carbocycles. The number of carboxylic acids is 1. The molecule has 2 amide bonds. The van der Waals surface area contributed by atoms with Crippen LogP contribution in [0.3, 0.4) is 0 Å². The number of hydrogen-bond acceptors (Lipinski definition) is 4. The first-order valence-electron chi connectivity index (χ1n) is 10.0. The van der Waals surface area contributed by atoms with E-state index in [-0.39, 0.29) is 43.2 Å². The molecular formula is C21H33N3O4. The van der Waals surface area contributed by atoms with Crippen molar-refractivity contribution < 1.29 is 19.8 Å². The largest absolute Gasteiger partial charge is 0.480 e. The maximum Gasteiger partial charge on any atom is 0.317 e. The van der Waals surface area contributed by atoms with E-state index in [4.69, 9.17) is 5.11 Å². The fourth-order valence-corrected chi connectivity index (χ4v) is 3.68. The van der Waals surface area contributed by atoms with E-state index in [0.717, 1.165) is 18.4 Å². The smallest absolute Gasteiger partial charge is 0.317 e. The quantitative estimate of drug-likeness (QED) is 0.568. The highest BCUT2D eigenvalue weighted by Crippen LogP contribution is 2.26. The van der Waals surface area contributed by atoms with E-state index in [1.165, 1.54) is 0 Å². The lowest BCUT2D eigenvalue weighted by atomic mass is 9.85. The number of carbonyl (C=O) groups excluding carboxylic acids is 1. The number of amides is 2. The van der Waals surface area contributed by atoms with Gasteiger partial charge in [-0.2, -0.15) is 0 Å². The van der Waals surface area contributed by atoms with Gasteiger partial charge in [-0.1, -0.05) is 44.2 Å². The van der Waals surface area contributed by atoms with E-state index in [0.29, 0.717) is 13.1 Å². The second kappa shape index (κ2) is 10.4. The molecule has 0 bridgehead atoms. The molecule has 0 spiro atoms.